The zero-order chi connectivity index (χ0) is 18.1. The molecule has 27 heavy (non-hydrogen) atoms. The van der Waals surface area contributed by atoms with Gasteiger partial charge in [0, 0.05) is 21.8 Å². The van der Waals surface area contributed by atoms with E-state index in [1.165, 1.54) is 21.8 Å². The number of nitrogens with one attached hydrogen (secondary N) is 1. The lowest BCUT2D eigenvalue weighted by molar-refractivity contribution is 1.39. The maximum absolute atomic E-state index is 4.52. The van der Waals surface area contributed by atoms with Gasteiger partial charge in [0.15, 0.2) is 0 Å². The minimum absolute atomic E-state index is 0.950. The number of aromatic amines is 1. The van der Waals surface area contributed by atoms with Gasteiger partial charge in [-0.25, -0.2) is 9.97 Å². The van der Waals surface area contributed by atoms with Crippen molar-refractivity contribution in [3.05, 3.63) is 97.1 Å². The molecule has 0 aliphatic carbocycles. The minimum Gasteiger partial charge on any atom is -0.355 e. The van der Waals surface area contributed by atoms with E-state index in [1.807, 2.05) is 48.5 Å². The molecule has 2 aromatic heterocycles. The molecule has 0 unspecified atom stereocenters. The van der Waals surface area contributed by atoms with Gasteiger partial charge in [0.25, 0.3) is 0 Å². The van der Waals surface area contributed by atoms with Crippen molar-refractivity contribution in [1.82, 2.24) is 15.0 Å². The average Bonchev–Trinajstić information content (AvgIpc) is 3.11. The van der Waals surface area contributed by atoms with E-state index in [4.69, 9.17) is 0 Å². The van der Waals surface area contributed by atoms with Gasteiger partial charge in [-0.3, -0.25) is 0 Å². The van der Waals surface area contributed by atoms with Crippen LogP contribution < -0.4 is 0 Å². The number of nitrogens with zero attached hydrogens (tertiary/aromatic N) is 2. The lowest BCUT2D eigenvalue weighted by Crippen LogP contribution is -1.85. The minimum atomic E-state index is 0.950. The van der Waals surface area contributed by atoms with E-state index < -0.39 is 0 Å². The molecular weight excluding hydrogens is 330 g/mol. The van der Waals surface area contributed by atoms with Crippen molar-refractivity contribution in [3.8, 4) is 0 Å². The van der Waals surface area contributed by atoms with Gasteiger partial charge < -0.3 is 4.98 Å². The van der Waals surface area contributed by atoms with Crippen LogP contribution in [0.15, 0.2) is 97.1 Å². The van der Waals surface area contributed by atoms with Crippen molar-refractivity contribution in [1.29, 1.82) is 0 Å². The third-order valence-corrected chi connectivity index (χ3v) is 4.66. The second-order valence-electron chi connectivity index (χ2n) is 6.42. The van der Waals surface area contributed by atoms with Gasteiger partial charge in [0.1, 0.15) is 0 Å². The summed E-state index contributed by atoms with van der Waals surface area (Å²) in [5.74, 6) is 0. The Bertz CT molecular complexity index is 1230. The molecule has 6 aromatic rings. The van der Waals surface area contributed by atoms with Gasteiger partial charge in [-0.2, -0.15) is 0 Å². The number of benzene rings is 4. The monoisotopic (exact) mass is 347 g/mol. The number of aromatic nitrogens is 3. The molecular formula is C24H17N3. The summed E-state index contributed by atoms with van der Waals surface area (Å²) in [6.45, 7) is 0. The van der Waals surface area contributed by atoms with E-state index in [2.05, 4.69) is 63.5 Å². The van der Waals surface area contributed by atoms with E-state index in [0.717, 1.165) is 22.1 Å². The van der Waals surface area contributed by atoms with E-state index in [9.17, 15) is 0 Å². The van der Waals surface area contributed by atoms with E-state index in [1.54, 1.807) is 0 Å². The highest BCUT2D eigenvalue weighted by Gasteiger charge is 2.00. The van der Waals surface area contributed by atoms with Crippen molar-refractivity contribution >= 4 is 43.9 Å². The van der Waals surface area contributed by atoms with Gasteiger partial charge in [-0.15, -0.1) is 0 Å². The van der Waals surface area contributed by atoms with Gasteiger partial charge in [0.05, 0.1) is 22.1 Å². The Hall–Kier alpha value is -3.72. The topological polar surface area (TPSA) is 41.6 Å². The summed E-state index contributed by atoms with van der Waals surface area (Å²) in [6.07, 6.45) is 0. The Labute approximate surface area is 156 Å². The SMILES string of the molecule is c1ccc2c(c1)[nH]c1ccccc12.c1ccc2nc3ccccc3nc2c1. The fourth-order valence-corrected chi connectivity index (χ4v) is 3.37. The smallest absolute Gasteiger partial charge is 0.0894 e. The maximum Gasteiger partial charge on any atom is 0.0894 e. The molecule has 0 atom stereocenters. The molecule has 1 N–H and O–H groups in total. The lowest BCUT2D eigenvalue weighted by Gasteiger charge is -1.98. The summed E-state index contributed by atoms with van der Waals surface area (Å²) in [7, 11) is 0. The number of hydrogen-bond donors (Lipinski definition) is 1. The maximum atomic E-state index is 4.52. The van der Waals surface area contributed by atoms with E-state index in [-0.39, 0.29) is 0 Å². The molecule has 0 fully saturated rings. The molecule has 0 bridgehead atoms. The van der Waals surface area contributed by atoms with Crippen LogP contribution in [-0.2, 0) is 0 Å². The molecule has 0 aliphatic rings. The fraction of sp³-hybridized carbons (Fsp3) is 0. The van der Waals surface area contributed by atoms with E-state index >= 15 is 0 Å². The fourth-order valence-electron chi connectivity index (χ4n) is 3.37. The molecule has 128 valence electrons. The second-order valence-corrected chi connectivity index (χ2v) is 6.42. The van der Waals surface area contributed by atoms with Gasteiger partial charge in [-0.05, 0) is 36.4 Å². The van der Waals surface area contributed by atoms with Crippen LogP contribution in [0.3, 0.4) is 0 Å². The second kappa shape index (κ2) is 6.54. The third kappa shape index (κ3) is 2.89. The summed E-state index contributed by atoms with van der Waals surface area (Å²) in [6, 6.07) is 32.6. The third-order valence-electron chi connectivity index (χ3n) is 4.66. The quantitative estimate of drug-likeness (QED) is 0.337. The molecule has 3 nitrogen and oxygen atoms in total. The van der Waals surface area contributed by atoms with Crippen molar-refractivity contribution in [2.24, 2.45) is 0 Å². The molecule has 6 rings (SSSR count). The van der Waals surface area contributed by atoms with Crippen molar-refractivity contribution in [2.75, 3.05) is 0 Å². The highest BCUT2D eigenvalue weighted by Crippen LogP contribution is 2.24. The normalized spacial score (nSPS) is 11.0. The predicted octanol–water partition coefficient (Wildman–Crippen LogP) is 6.10. The average molecular weight is 347 g/mol. The van der Waals surface area contributed by atoms with Crippen LogP contribution >= 0.6 is 0 Å². The largest absolute Gasteiger partial charge is 0.355 e. The predicted molar refractivity (Wildman–Crippen MR) is 113 cm³/mol. The van der Waals surface area contributed by atoms with Gasteiger partial charge >= 0.3 is 0 Å². The summed E-state index contributed by atoms with van der Waals surface area (Å²) in [5, 5.41) is 2.61. The highest BCUT2D eigenvalue weighted by atomic mass is 14.8. The van der Waals surface area contributed by atoms with Gasteiger partial charge in [0.2, 0.25) is 0 Å². The molecule has 0 amide bonds. The molecule has 0 radical (unpaired) electrons. The Morgan fingerprint density at radius 1 is 0.407 bits per heavy atom. The summed E-state index contributed by atoms with van der Waals surface area (Å²) < 4.78 is 0. The van der Waals surface area contributed by atoms with Crippen LogP contribution in [0.4, 0.5) is 0 Å². The van der Waals surface area contributed by atoms with Crippen LogP contribution in [0.5, 0.6) is 0 Å². The van der Waals surface area contributed by atoms with Crippen LogP contribution in [0.25, 0.3) is 43.9 Å². The molecule has 0 spiro atoms. The van der Waals surface area contributed by atoms with Crippen molar-refractivity contribution in [2.45, 2.75) is 0 Å². The number of para-hydroxylation sites is 6. The Morgan fingerprint density at radius 3 is 1.15 bits per heavy atom. The molecule has 0 saturated heterocycles. The summed E-state index contributed by atoms with van der Waals surface area (Å²) in [5.41, 5.74) is 6.22. The lowest BCUT2D eigenvalue weighted by atomic mass is 10.2. The molecule has 3 heteroatoms. The van der Waals surface area contributed by atoms with Crippen molar-refractivity contribution < 1.29 is 0 Å². The first kappa shape index (κ1) is 15.5. The van der Waals surface area contributed by atoms with E-state index in [0.29, 0.717) is 0 Å². The number of hydrogen-bond acceptors (Lipinski definition) is 2. The first-order valence-electron chi connectivity index (χ1n) is 8.95. The first-order valence-corrected chi connectivity index (χ1v) is 8.95. The number of rotatable bonds is 0. The van der Waals surface area contributed by atoms with Crippen LogP contribution in [0.2, 0.25) is 0 Å². The summed E-state index contributed by atoms with van der Waals surface area (Å²) >= 11 is 0. The van der Waals surface area contributed by atoms with Crippen LogP contribution in [0, 0.1) is 0 Å². The van der Waals surface area contributed by atoms with Crippen LogP contribution in [-0.4, -0.2) is 15.0 Å². The molecule has 4 aromatic carbocycles. The number of H-pyrrole nitrogens is 1. The highest BCUT2D eigenvalue weighted by molar-refractivity contribution is 6.06. The zero-order valence-electron chi connectivity index (χ0n) is 14.6. The zero-order valence-corrected chi connectivity index (χ0v) is 14.6. The Kier molecular flexibility index (Phi) is 3.76. The number of fused-ring (bicyclic) bond motifs is 5. The first-order chi connectivity index (χ1) is 13.4. The Morgan fingerprint density at radius 2 is 0.741 bits per heavy atom. The summed E-state index contributed by atoms with van der Waals surface area (Å²) in [4.78, 5) is 12.4. The molecule has 0 aliphatic heterocycles. The molecule has 0 saturated carbocycles. The van der Waals surface area contributed by atoms with Gasteiger partial charge in [-0.1, -0.05) is 60.7 Å². The van der Waals surface area contributed by atoms with Crippen molar-refractivity contribution in [3.63, 3.8) is 0 Å². The molecule has 2 heterocycles. The Balaban J connectivity index is 0.000000119. The standard InChI is InChI=1S/C12H8N2.C12H9N/c1-2-6-10-9(5-1)13-11-7-3-4-8-12(11)14-10;1-3-7-11-9(5-1)10-6-2-4-8-12(10)13-11/h1-8H;1-8,13H. The van der Waals surface area contributed by atoms with Crippen LogP contribution in [0.1, 0.15) is 0 Å².